The van der Waals surface area contributed by atoms with Crippen LogP contribution in [0.3, 0.4) is 0 Å². The van der Waals surface area contributed by atoms with E-state index in [0.29, 0.717) is 30.9 Å². The molecule has 1 aromatic carbocycles. The number of rotatable bonds is 6. The molecule has 94 valence electrons. The number of benzene rings is 1. The highest BCUT2D eigenvalue weighted by molar-refractivity contribution is 5.92. The number of nitrogens with one attached hydrogen (secondary N) is 1. The van der Waals surface area contributed by atoms with Crippen molar-refractivity contribution in [2.45, 2.75) is 12.8 Å². The molecule has 0 aliphatic heterocycles. The molecule has 0 saturated heterocycles. The summed E-state index contributed by atoms with van der Waals surface area (Å²) in [5.74, 6) is -0.240. The number of ether oxygens (including phenoxy) is 2. The summed E-state index contributed by atoms with van der Waals surface area (Å²) in [6.45, 7) is 0.536. The molecule has 1 amide bonds. The van der Waals surface area contributed by atoms with Gasteiger partial charge >= 0.3 is 0 Å². The number of amides is 1. The van der Waals surface area contributed by atoms with Gasteiger partial charge in [0.05, 0.1) is 12.8 Å². The van der Waals surface area contributed by atoms with Crippen LogP contribution in [0.2, 0.25) is 0 Å². The van der Waals surface area contributed by atoms with Crippen LogP contribution in [0.5, 0.6) is 5.75 Å². The van der Waals surface area contributed by atoms with Crippen LogP contribution in [-0.2, 0) is 9.53 Å². The lowest BCUT2D eigenvalue weighted by Crippen LogP contribution is -2.12. The van der Waals surface area contributed by atoms with Crippen molar-refractivity contribution in [1.82, 2.24) is 0 Å². The summed E-state index contributed by atoms with van der Waals surface area (Å²) in [6.07, 6.45) is 1.00. The average Bonchev–Trinajstić information content (AvgIpc) is 2.32. The Morgan fingerprint density at radius 1 is 1.41 bits per heavy atom. The number of anilines is 1. The van der Waals surface area contributed by atoms with Crippen LogP contribution in [0.25, 0.3) is 0 Å². The average molecular weight is 241 g/mol. The molecule has 17 heavy (non-hydrogen) atoms. The van der Waals surface area contributed by atoms with E-state index in [1.165, 1.54) is 25.3 Å². The zero-order valence-corrected chi connectivity index (χ0v) is 9.96. The monoisotopic (exact) mass is 241 g/mol. The van der Waals surface area contributed by atoms with Crippen LogP contribution in [0, 0.1) is 5.82 Å². The van der Waals surface area contributed by atoms with E-state index in [0.717, 1.165) is 0 Å². The number of carbonyl (C=O) groups excluding carboxylic acids is 1. The molecular weight excluding hydrogens is 225 g/mol. The number of hydrogen-bond donors (Lipinski definition) is 1. The molecular formula is C12H16FNO3. The summed E-state index contributed by atoms with van der Waals surface area (Å²) in [5.41, 5.74) is 0.469. The van der Waals surface area contributed by atoms with Gasteiger partial charge in [-0.2, -0.15) is 0 Å². The molecule has 0 bridgehead atoms. The van der Waals surface area contributed by atoms with Crippen LogP contribution < -0.4 is 10.1 Å². The second kappa shape index (κ2) is 6.85. The van der Waals surface area contributed by atoms with Crippen LogP contribution in [0.4, 0.5) is 10.1 Å². The summed E-state index contributed by atoms with van der Waals surface area (Å²) in [7, 11) is 3.01. The summed E-state index contributed by atoms with van der Waals surface area (Å²) >= 11 is 0. The molecule has 1 aromatic rings. The Kier molecular flexibility index (Phi) is 5.42. The van der Waals surface area contributed by atoms with Gasteiger partial charge in [-0.3, -0.25) is 4.79 Å². The Balaban J connectivity index is 2.58. The molecule has 4 nitrogen and oxygen atoms in total. The summed E-state index contributed by atoms with van der Waals surface area (Å²) < 4.78 is 22.7. The minimum absolute atomic E-state index is 0.146. The second-order valence-corrected chi connectivity index (χ2v) is 3.49. The van der Waals surface area contributed by atoms with Crippen LogP contribution in [-0.4, -0.2) is 26.7 Å². The fourth-order valence-corrected chi connectivity index (χ4v) is 1.36. The normalized spacial score (nSPS) is 10.1. The Morgan fingerprint density at radius 2 is 2.18 bits per heavy atom. The van der Waals surface area contributed by atoms with Gasteiger partial charge in [-0.1, -0.05) is 0 Å². The standard InChI is InChI=1S/C12H16FNO3/c1-16-7-3-4-12(15)14-10-6-5-9(13)8-11(10)17-2/h5-6,8H,3-4,7H2,1-2H3,(H,14,15). The molecule has 1 rings (SSSR count). The quantitative estimate of drug-likeness (QED) is 0.777. The first-order chi connectivity index (χ1) is 8.17. The molecule has 0 unspecified atom stereocenters. The van der Waals surface area contributed by atoms with Gasteiger partial charge in [0.2, 0.25) is 5.91 Å². The SMILES string of the molecule is COCCCC(=O)Nc1ccc(F)cc1OC. The molecule has 0 radical (unpaired) electrons. The molecule has 0 aliphatic rings. The van der Waals surface area contributed by atoms with Gasteiger partial charge in [-0.15, -0.1) is 0 Å². The molecule has 0 aromatic heterocycles. The smallest absolute Gasteiger partial charge is 0.224 e. The first-order valence-corrected chi connectivity index (χ1v) is 5.29. The largest absolute Gasteiger partial charge is 0.494 e. The van der Waals surface area contributed by atoms with Gasteiger partial charge in [0, 0.05) is 26.2 Å². The van der Waals surface area contributed by atoms with Crippen molar-refractivity contribution >= 4 is 11.6 Å². The van der Waals surface area contributed by atoms with Gasteiger partial charge in [0.15, 0.2) is 0 Å². The van der Waals surface area contributed by atoms with Crippen LogP contribution in [0.1, 0.15) is 12.8 Å². The molecule has 0 aliphatic carbocycles. The van der Waals surface area contributed by atoms with Gasteiger partial charge in [0.25, 0.3) is 0 Å². The number of methoxy groups -OCH3 is 2. The summed E-state index contributed by atoms with van der Waals surface area (Å²) in [4.78, 5) is 11.5. The van der Waals surface area contributed by atoms with Crippen molar-refractivity contribution in [3.05, 3.63) is 24.0 Å². The zero-order chi connectivity index (χ0) is 12.7. The van der Waals surface area contributed by atoms with Crippen molar-refractivity contribution in [2.75, 3.05) is 26.1 Å². The van der Waals surface area contributed by atoms with E-state index in [9.17, 15) is 9.18 Å². The van der Waals surface area contributed by atoms with Gasteiger partial charge in [0.1, 0.15) is 11.6 Å². The van der Waals surface area contributed by atoms with E-state index < -0.39 is 5.82 Å². The predicted molar refractivity (Wildman–Crippen MR) is 62.7 cm³/mol. The van der Waals surface area contributed by atoms with E-state index in [4.69, 9.17) is 9.47 Å². The molecule has 0 atom stereocenters. The lowest BCUT2D eigenvalue weighted by Gasteiger charge is -2.09. The zero-order valence-electron chi connectivity index (χ0n) is 9.96. The maximum Gasteiger partial charge on any atom is 0.224 e. The van der Waals surface area contributed by atoms with Gasteiger partial charge in [-0.05, 0) is 18.6 Å². The highest BCUT2D eigenvalue weighted by Gasteiger charge is 2.08. The number of hydrogen-bond acceptors (Lipinski definition) is 3. The Bertz CT molecular complexity index is 382. The predicted octanol–water partition coefficient (Wildman–Crippen LogP) is 2.20. The third-order valence-electron chi connectivity index (χ3n) is 2.19. The first-order valence-electron chi connectivity index (χ1n) is 5.29. The topological polar surface area (TPSA) is 47.6 Å². The molecule has 1 N–H and O–H groups in total. The molecule has 0 heterocycles. The lowest BCUT2D eigenvalue weighted by atomic mass is 10.2. The van der Waals surface area contributed by atoms with E-state index in [1.54, 1.807) is 7.11 Å². The molecule has 5 heteroatoms. The third kappa shape index (κ3) is 4.40. The Labute approximate surface area is 99.7 Å². The fraction of sp³-hybridized carbons (Fsp3) is 0.417. The fourth-order valence-electron chi connectivity index (χ4n) is 1.36. The van der Waals surface area contributed by atoms with E-state index in [2.05, 4.69) is 5.32 Å². The minimum Gasteiger partial charge on any atom is -0.494 e. The van der Waals surface area contributed by atoms with Crippen LogP contribution >= 0.6 is 0 Å². The highest BCUT2D eigenvalue weighted by atomic mass is 19.1. The van der Waals surface area contributed by atoms with Crippen molar-refractivity contribution in [2.24, 2.45) is 0 Å². The summed E-state index contributed by atoms with van der Waals surface area (Å²) in [5, 5.41) is 2.66. The molecule has 0 saturated carbocycles. The van der Waals surface area contributed by atoms with E-state index in [-0.39, 0.29) is 5.91 Å². The first kappa shape index (κ1) is 13.4. The Hall–Kier alpha value is -1.62. The maximum atomic E-state index is 12.9. The molecule has 0 spiro atoms. The minimum atomic E-state index is -0.403. The van der Waals surface area contributed by atoms with Crippen molar-refractivity contribution in [1.29, 1.82) is 0 Å². The van der Waals surface area contributed by atoms with Gasteiger partial charge in [-0.25, -0.2) is 4.39 Å². The Morgan fingerprint density at radius 3 is 2.82 bits per heavy atom. The molecule has 0 fully saturated rings. The van der Waals surface area contributed by atoms with E-state index >= 15 is 0 Å². The van der Waals surface area contributed by atoms with Crippen molar-refractivity contribution in [3.63, 3.8) is 0 Å². The highest BCUT2D eigenvalue weighted by Crippen LogP contribution is 2.24. The summed E-state index contributed by atoms with van der Waals surface area (Å²) in [6, 6.07) is 3.97. The second-order valence-electron chi connectivity index (χ2n) is 3.49. The number of halogens is 1. The van der Waals surface area contributed by atoms with Crippen LogP contribution in [0.15, 0.2) is 18.2 Å². The number of carbonyl (C=O) groups is 1. The lowest BCUT2D eigenvalue weighted by molar-refractivity contribution is -0.116. The van der Waals surface area contributed by atoms with Crippen molar-refractivity contribution < 1.29 is 18.7 Å². The van der Waals surface area contributed by atoms with Crippen molar-refractivity contribution in [3.8, 4) is 5.75 Å². The maximum absolute atomic E-state index is 12.9. The third-order valence-corrected chi connectivity index (χ3v) is 2.19. The van der Waals surface area contributed by atoms with Gasteiger partial charge < -0.3 is 14.8 Å². The van der Waals surface area contributed by atoms with E-state index in [1.807, 2.05) is 0 Å².